The number of Topliss-reactive ketones (excluding diaryl/α,β-unsaturated/α-hetero) is 1. The molecule has 0 aliphatic rings. The number of nitrogens with zero attached hydrogens (tertiary/aromatic N) is 2. The first-order valence-electron chi connectivity index (χ1n) is 5.40. The molecule has 0 fully saturated rings. The Morgan fingerprint density at radius 3 is 2.71 bits per heavy atom. The zero-order valence-electron chi connectivity index (χ0n) is 9.58. The first-order valence-corrected chi connectivity index (χ1v) is 5.40. The van der Waals surface area contributed by atoms with E-state index in [2.05, 4.69) is 4.98 Å². The van der Waals surface area contributed by atoms with Crippen molar-refractivity contribution in [1.29, 1.82) is 0 Å². The highest BCUT2D eigenvalue weighted by atomic mass is 16.3. The molecule has 1 heterocycles. The Balaban J connectivity index is 2.09. The fourth-order valence-corrected chi connectivity index (χ4v) is 1.64. The minimum Gasteiger partial charge on any atom is -0.381 e. The Morgan fingerprint density at radius 2 is 2.12 bits per heavy atom. The van der Waals surface area contributed by atoms with Crippen molar-refractivity contribution in [2.24, 2.45) is 7.05 Å². The third-order valence-corrected chi connectivity index (χ3v) is 2.67. The van der Waals surface area contributed by atoms with Crippen LogP contribution in [0.4, 0.5) is 0 Å². The highest BCUT2D eigenvalue weighted by Gasteiger charge is 2.18. The number of aryl methyl sites for hydroxylation is 1. The number of imidazole rings is 1. The van der Waals surface area contributed by atoms with Crippen LogP contribution in [0.5, 0.6) is 0 Å². The van der Waals surface area contributed by atoms with Gasteiger partial charge in [-0.05, 0) is 5.56 Å². The number of hydrogen-bond donors (Lipinski definition) is 1. The summed E-state index contributed by atoms with van der Waals surface area (Å²) in [7, 11) is 1.82. The lowest BCUT2D eigenvalue weighted by molar-refractivity contribution is -0.126. The van der Waals surface area contributed by atoms with Crippen molar-refractivity contribution in [2.75, 3.05) is 0 Å². The van der Waals surface area contributed by atoms with Gasteiger partial charge >= 0.3 is 0 Å². The first-order chi connectivity index (χ1) is 8.18. The van der Waals surface area contributed by atoms with Gasteiger partial charge in [-0.15, -0.1) is 0 Å². The Labute approximate surface area is 99.5 Å². The van der Waals surface area contributed by atoms with Crippen LogP contribution in [0.3, 0.4) is 0 Å². The van der Waals surface area contributed by atoms with Crippen LogP contribution in [0, 0.1) is 0 Å². The van der Waals surface area contributed by atoms with Gasteiger partial charge in [0.05, 0.1) is 6.42 Å². The quantitative estimate of drug-likeness (QED) is 0.860. The Morgan fingerprint density at radius 1 is 1.41 bits per heavy atom. The third kappa shape index (κ3) is 2.60. The molecule has 0 aliphatic carbocycles. The van der Waals surface area contributed by atoms with Gasteiger partial charge in [0.1, 0.15) is 11.9 Å². The fourth-order valence-electron chi connectivity index (χ4n) is 1.64. The van der Waals surface area contributed by atoms with Gasteiger partial charge in [0.2, 0.25) is 0 Å². The number of aliphatic hydroxyl groups is 1. The summed E-state index contributed by atoms with van der Waals surface area (Å²) in [6.07, 6.45) is 2.47. The van der Waals surface area contributed by atoms with E-state index in [-0.39, 0.29) is 12.2 Å². The van der Waals surface area contributed by atoms with Crippen molar-refractivity contribution >= 4 is 5.78 Å². The first kappa shape index (κ1) is 11.5. The number of rotatable bonds is 4. The van der Waals surface area contributed by atoms with Gasteiger partial charge in [-0.1, -0.05) is 30.3 Å². The highest BCUT2D eigenvalue weighted by molar-refractivity contribution is 5.85. The van der Waals surface area contributed by atoms with E-state index in [4.69, 9.17) is 0 Å². The number of carbonyl (C=O) groups is 1. The third-order valence-electron chi connectivity index (χ3n) is 2.67. The van der Waals surface area contributed by atoms with E-state index < -0.39 is 6.10 Å². The number of benzene rings is 1. The van der Waals surface area contributed by atoms with Crippen LogP contribution in [-0.4, -0.2) is 20.4 Å². The minimum atomic E-state index is -1.08. The molecule has 0 saturated carbocycles. The summed E-state index contributed by atoms with van der Waals surface area (Å²) in [5.41, 5.74) is 0.617. The molecule has 2 rings (SSSR count). The summed E-state index contributed by atoms with van der Waals surface area (Å²) in [6.45, 7) is 0. The normalized spacial score (nSPS) is 12.4. The monoisotopic (exact) mass is 230 g/mol. The second-order valence-corrected chi connectivity index (χ2v) is 3.91. The van der Waals surface area contributed by atoms with E-state index in [0.717, 1.165) is 0 Å². The zero-order chi connectivity index (χ0) is 12.3. The summed E-state index contributed by atoms with van der Waals surface area (Å²) in [6, 6.07) is 8.92. The van der Waals surface area contributed by atoms with Crippen molar-refractivity contribution < 1.29 is 9.90 Å². The van der Waals surface area contributed by atoms with Crippen LogP contribution < -0.4 is 0 Å². The molecule has 0 spiro atoms. The molecular formula is C13H14N2O2. The number of aliphatic hydroxyl groups excluding tert-OH is 1. The maximum atomic E-state index is 11.9. The summed E-state index contributed by atoms with van der Waals surface area (Å²) in [4.78, 5) is 15.9. The molecule has 1 aromatic heterocycles. The second kappa shape index (κ2) is 4.93. The molecule has 1 atom stereocenters. The van der Waals surface area contributed by atoms with Crippen LogP contribution in [-0.2, 0) is 18.3 Å². The van der Waals surface area contributed by atoms with Crippen molar-refractivity contribution in [2.45, 2.75) is 12.5 Å². The molecule has 4 nitrogen and oxygen atoms in total. The fraction of sp³-hybridized carbons (Fsp3) is 0.231. The molecule has 2 aromatic rings. The average Bonchev–Trinajstić information content (AvgIpc) is 2.75. The zero-order valence-corrected chi connectivity index (χ0v) is 9.58. The van der Waals surface area contributed by atoms with E-state index in [0.29, 0.717) is 11.4 Å². The van der Waals surface area contributed by atoms with Crippen molar-refractivity contribution in [3.63, 3.8) is 0 Å². The molecule has 0 amide bonds. The Bertz CT molecular complexity index is 505. The number of hydrogen-bond acceptors (Lipinski definition) is 3. The predicted molar refractivity (Wildman–Crippen MR) is 63.3 cm³/mol. The molecule has 1 aromatic carbocycles. The van der Waals surface area contributed by atoms with E-state index >= 15 is 0 Å². The molecular weight excluding hydrogens is 216 g/mol. The van der Waals surface area contributed by atoms with E-state index in [9.17, 15) is 9.90 Å². The molecule has 17 heavy (non-hydrogen) atoms. The maximum absolute atomic E-state index is 11.9. The molecule has 4 heteroatoms. The maximum Gasteiger partial charge on any atom is 0.173 e. The van der Waals surface area contributed by atoms with E-state index in [1.807, 2.05) is 13.1 Å². The lowest BCUT2D eigenvalue weighted by Gasteiger charge is -2.09. The van der Waals surface area contributed by atoms with Crippen molar-refractivity contribution in [1.82, 2.24) is 9.55 Å². The smallest absolute Gasteiger partial charge is 0.173 e. The van der Waals surface area contributed by atoms with Crippen LogP contribution in [0.2, 0.25) is 0 Å². The van der Waals surface area contributed by atoms with E-state index in [1.54, 1.807) is 41.2 Å². The van der Waals surface area contributed by atoms with Crippen LogP contribution in [0.15, 0.2) is 42.7 Å². The number of carbonyl (C=O) groups excluding carboxylic acids is 1. The SMILES string of the molecule is Cn1ccnc1CC(=O)C(O)c1ccccc1. The molecule has 0 aliphatic heterocycles. The van der Waals surface area contributed by atoms with Crippen LogP contribution in [0.1, 0.15) is 17.5 Å². The minimum absolute atomic E-state index is 0.138. The molecule has 1 unspecified atom stereocenters. The van der Waals surface area contributed by atoms with Gasteiger partial charge in [-0.3, -0.25) is 4.79 Å². The molecule has 0 bridgehead atoms. The number of aromatic nitrogens is 2. The number of ketones is 1. The lowest BCUT2D eigenvalue weighted by atomic mass is 10.0. The average molecular weight is 230 g/mol. The van der Waals surface area contributed by atoms with Gasteiger partial charge in [-0.25, -0.2) is 4.98 Å². The summed E-state index contributed by atoms with van der Waals surface area (Å²) in [5.74, 6) is 0.412. The molecule has 0 radical (unpaired) electrons. The van der Waals surface area contributed by atoms with Gasteiger partial charge in [0.15, 0.2) is 5.78 Å². The highest BCUT2D eigenvalue weighted by Crippen LogP contribution is 2.15. The predicted octanol–water partition coefficient (Wildman–Crippen LogP) is 1.27. The van der Waals surface area contributed by atoms with Crippen LogP contribution >= 0.6 is 0 Å². The van der Waals surface area contributed by atoms with Gasteiger partial charge in [0.25, 0.3) is 0 Å². The molecule has 0 saturated heterocycles. The van der Waals surface area contributed by atoms with E-state index in [1.165, 1.54) is 0 Å². The lowest BCUT2D eigenvalue weighted by Crippen LogP contribution is -2.16. The summed E-state index contributed by atoms with van der Waals surface area (Å²) >= 11 is 0. The molecule has 88 valence electrons. The second-order valence-electron chi connectivity index (χ2n) is 3.91. The van der Waals surface area contributed by atoms with Gasteiger partial charge < -0.3 is 9.67 Å². The summed E-state index contributed by atoms with van der Waals surface area (Å²) in [5, 5.41) is 9.89. The van der Waals surface area contributed by atoms with Crippen LogP contribution in [0.25, 0.3) is 0 Å². The van der Waals surface area contributed by atoms with Crippen molar-refractivity contribution in [3.8, 4) is 0 Å². The van der Waals surface area contributed by atoms with Gasteiger partial charge in [0, 0.05) is 19.4 Å². The largest absolute Gasteiger partial charge is 0.381 e. The summed E-state index contributed by atoms with van der Waals surface area (Å²) < 4.78 is 1.77. The Hall–Kier alpha value is -1.94. The van der Waals surface area contributed by atoms with Crippen molar-refractivity contribution in [3.05, 3.63) is 54.1 Å². The van der Waals surface area contributed by atoms with Gasteiger partial charge in [-0.2, -0.15) is 0 Å². The Kier molecular flexibility index (Phi) is 3.35. The topological polar surface area (TPSA) is 55.1 Å². The standard InChI is InChI=1S/C13H14N2O2/c1-15-8-7-14-12(15)9-11(16)13(17)10-5-3-2-4-6-10/h2-8,13,17H,9H2,1H3. The molecule has 1 N–H and O–H groups in total.